The summed E-state index contributed by atoms with van der Waals surface area (Å²) in [5.74, 6) is 0.603. The number of anilines is 3. The van der Waals surface area contributed by atoms with Gasteiger partial charge in [0.2, 0.25) is 0 Å². The van der Waals surface area contributed by atoms with Gasteiger partial charge in [-0.3, -0.25) is 4.79 Å². The molecule has 1 heterocycles. The van der Waals surface area contributed by atoms with Gasteiger partial charge in [0, 0.05) is 0 Å². The molecule has 0 aliphatic rings. The molecule has 0 bridgehead atoms. The topological polar surface area (TPSA) is 99.9 Å². The Hall–Kier alpha value is -3.92. The molecule has 0 unspecified atom stereocenters. The van der Waals surface area contributed by atoms with Crippen molar-refractivity contribution in [1.82, 2.24) is 10.2 Å². The van der Waals surface area contributed by atoms with E-state index in [9.17, 15) is 4.79 Å². The molecule has 27 heavy (non-hydrogen) atoms. The van der Waals surface area contributed by atoms with Crippen molar-refractivity contribution in [1.29, 1.82) is 5.26 Å². The SMILES string of the molecule is COc1ccc(C)cc1NC(=O)c1ccc(Nc2ccccc2C#N)nn1. The van der Waals surface area contributed by atoms with Crippen LogP contribution in [0.3, 0.4) is 0 Å². The van der Waals surface area contributed by atoms with Crippen LogP contribution in [0.1, 0.15) is 21.6 Å². The van der Waals surface area contributed by atoms with E-state index in [-0.39, 0.29) is 5.69 Å². The molecule has 2 N–H and O–H groups in total. The molecule has 7 heteroatoms. The fourth-order valence-corrected chi connectivity index (χ4v) is 2.45. The standard InChI is InChI=1S/C20H17N5O2/c1-13-7-9-18(27-2)17(11-13)23-20(26)16-8-10-19(25-24-16)22-15-6-4-3-5-14(15)12-21/h3-11H,1-2H3,(H,22,25)(H,23,26). The van der Waals surface area contributed by atoms with Crippen molar-refractivity contribution < 1.29 is 9.53 Å². The minimum absolute atomic E-state index is 0.165. The zero-order chi connectivity index (χ0) is 19.2. The Labute approximate surface area is 156 Å². The van der Waals surface area contributed by atoms with Gasteiger partial charge in [0.25, 0.3) is 5.91 Å². The van der Waals surface area contributed by atoms with Gasteiger partial charge in [0.05, 0.1) is 24.0 Å². The fraction of sp³-hybridized carbons (Fsp3) is 0.100. The van der Waals surface area contributed by atoms with E-state index < -0.39 is 5.91 Å². The third kappa shape index (κ3) is 4.19. The van der Waals surface area contributed by atoms with Crippen LogP contribution in [0.25, 0.3) is 0 Å². The van der Waals surface area contributed by atoms with Crippen LogP contribution in [-0.4, -0.2) is 23.2 Å². The predicted octanol–water partition coefficient (Wildman–Crippen LogP) is 3.66. The van der Waals surface area contributed by atoms with Crippen molar-refractivity contribution in [2.24, 2.45) is 0 Å². The Bertz CT molecular complexity index is 1010. The Morgan fingerprint density at radius 3 is 2.59 bits per heavy atom. The highest BCUT2D eigenvalue weighted by atomic mass is 16.5. The van der Waals surface area contributed by atoms with Crippen LogP contribution < -0.4 is 15.4 Å². The van der Waals surface area contributed by atoms with Gasteiger partial charge in [0.15, 0.2) is 11.5 Å². The largest absolute Gasteiger partial charge is 0.495 e. The number of carbonyl (C=O) groups is 1. The van der Waals surface area contributed by atoms with Gasteiger partial charge >= 0.3 is 0 Å². The van der Waals surface area contributed by atoms with Gasteiger partial charge in [-0.05, 0) is 48.9 Å². The highest BCUT2D eigenvalue weighted by molar-refractivity contribution is 6.03. The van der Waals surface area contributed by atoms with E-state index in [1.807, 2.05) is 25.1 Å². The molecule has 0 fully saturated rings. The van der Waals surface area contributed by atoms with Crippen molar-refractivity contribution in [3.05, 3.63) is 71.4 Å². The lowest BCUT2D eigenvalue weighted by Crippen LogP contribution is -2.15. The van der Waals surface area contributed by atoms with E-state index in [4.69, 9.17) is 10.00 Å². The van der Waals surface area contributed by atoms with Crippen LogP contribution in [0.15, 0.2) is 54.6 Å². The summed E-state index contributed by atoms with van der Waals surface area (Å²) in [5.41, 5.74) is 2.84. The number of aryl methyl sites for hydroxylation is 1. The number of nitrogens with one attached hydrogen (secondary N) is 2. The monoisotopic (exact) mass is 359 g/mol. The number of methoxy groups -OCH3 is 1. The number of amides is 1. The second-order valence-corrected chi connectivity index (χ2v) is 5.74. The molecule has 1 amide bonds. The summed E-state index contributed by atoms with van der Waals surface area (Å²) in [6.45, 7) is 1.93. The number of hydrogen-bond acceptors (Lipinski definition) is 6. The minimum atomic E-state index is -0.393. The second kappa shape index (κ2) is 7.97. The van der Waals surface area contributed by atoms with E-state index in [1.54, 1.807) is 43.5 Å². The van der Waals surface area contributed by atoms with Gasteiger partial charge in [-0.1, -0.05) is 18.2 Å². The molecule has 2 aromatic carbocycles. The normalized spacial score (nSPS) is 9.96. The van der Waals surface area contributed by atoms with Crippen molar-refractivity contribution in [2.45, 2.75) is 6.92 Å². The second-order valence-electron chi connectivity index (χ2n) is 5.74. The van der Waals surface area contributed by atoms with Crippen LogP contribution in [-0.2, 0) is 0 Å². The Balaban J connectivity index is 1.75. The summed E-state index contributed by atoms with van der Waals surface area (Å²) in [7, 11) is 1.54. The van der Waals surface area contributed by atoms with Gasteiger partial charge in [-0.15, -0.1) is 10.2 Å². The maximum atomic E-state index is 12.4. The Morgan fingerprint density at radius 2 is 1.89 bits per heavy atom. The van der Waals surface area contributed by atoms with Crippen LogP contribution in [0.4, 0.5) is 17.2 Å². The number of hydrogen-bond donors (Lipinski definition) is 2. The van der Waals surface area contributed by atoms with Crippen molar-refractivity contribution >= 4 is 23.1 Å². The molecule has 0 aliphatic heterocycles. The third-order valence-corrected chi connectivity index (χ3v) is 3.81. The molecular weight excluding hydrogens is 342 g/mol. The maximum Gasteiger partial charge on any atom is 0.276 e. The minimum Gasteiger partial charge on any atom is -0.495 e. The maximum absolute atomic E-state index is 12.4. The average Bonchev–Trinajstić information content (AvgIpc) is 2.69. The quantitative estimate of drug-likeness (QED) is 0.721. The lowest BCUT2D eigenvalue weighted by atomic mass is 10.2. The first-order valence-corrected chi connectivity index (χ1v) is 8.16. The lowest BCUT2D eigenvalue weighted by molar-refractivity contribution is 0.102. The average molecular weight is 359 g/mol. The first-order chi connectivity index (χ1) is 13.1. The van der Waals surface area contributed by atoms with E-state index in [1.165, 1.54) is 0 Å². The molecule has 7 nitrogen and oxygen atoms in total. The molecule has 0 aliphatic carbocycles. The Morgan fingerprint density at radius 1 is 1.07 bits per heavy atom. The van der Waals surface area contributed by atoms with Crippen molar-refractivity contribution in [3.63, 3.8) is 0 Å². The number of benzene rings is 2. The molecule has 3 aromatic rings. The highest BCUT2D eigenvalue weighted by Gasteiger charge is 2.12. The highest BCUT2D eigenvalue weighted by Crippen LogP contribution is 2.25. The summed E-state index contributed by atoms with van der Waals surface area (Å²) in [6.07, 6.45) is 0. The first-order valence-electron chi connectivity index (χ1n) is 8.16. The molecular formula is C20H17N5O2. The molecule has 3 rings (SSSR count). The van der Waals surface area contributed by atoms with E-state index >= 15 is 0 Å². The van der Waals surface area contributed by atoms with Crippen LogP contribution in [0, 0.1) is 18.3 Å². The molecule has 0 atom stereocenters. The van der Waals surface area contributed by atoms with Gasteiger partial charge in [-0.25, -0.2) is 0 Å². The van der Waals surface area contributed by atoms with E-state index in [0.29, 0.717) is 28.5 Å². The summed E-state index contributed by atoms with van der Waals surface area (Å²) in [6, 6.07) is 17.9. The number of nitriles is 1. The molecule has 0 spiro atoms. The molecule has 0 saturated carbocycles. The number of para-hydroxylation sites is 1. The number of ether oxygens (including phenoxy) is 1. The van der Waals surface area contributed by atoms with Crippen LogP contribution in [0.2, 0.25) is 0 Å². The number of aromatic nitrogens is 2. The van der Waals surface area contributed by atoms with Crippen molar-refractivity contribution in [2.75, 3.05) is 17.7 Å². The zero-order valence-electron chi connectivity index (χ0n) is 14.9. The molecule has 1 aromatic heterocycles. The van der Waals surface area contributed by atoms with Crippen LogP contribution in [0.5, 0.6) is 5.75 Å². The van der Waals surface area contributed by atoms with E-state index in [2.05, 4.69) is 26.9 Å². The predicted molar refractivity (Wildman–Crippen MR) is 102 cm³/mol. The third-order valence-electron chi connectivity index (χ3n) is 3.81. The number of carbonyl (C=O) groups excluding carboxylic acids is 1. The summed E-state index contributed by atoms with van der Waals surface area (Å²) in [4.78, 5) is 12.4. The molecule has 0 radical (unpaired) electrons. The van der Waals surface area contributed by atoms with Gasteiger partial charge in [-0.2, -0.15) is 5.26 Å². The fourth-order valence-electron chi connectivity index (χ4n) is 2.45. The lowest BCUT2D eigenvalue weighted by Gasteiger charge is -2.11. The molecule has 134 valence electrons. The zero-order valence-corrected chi connectivity index (χ0v) is 14.9. The number of nitrogens with zero attached hydrogens (tertiary/aromatic N) is 3. The summed E-state index contributed by atoms with van der Waals surface area (Å²) >= 11 is 0. The summed E-state index contributed by atoms with van der Waals surface area (Å²) in [5, 5.41) is 22.9. The summed E-state index contributed by atoms with van der Waals surface area (Å²) < 4.78 is 5.26. The van der Waals surface area contributed by atoms with Gasteiger partial charge in [0.1, 0.15) is 11.8 Å². The Kier molecular flexibility index (Phi) is 5.28. The number of rotatable bonds is 5. The van der Waals surface area contributed by atoms with Crippen molar-refractivity contribution in [3.8, 4) is 11.8 Å². The van der Waals surface area contributed by atoms with Crippen LogP contribution >= 0.6 is 0 Å². The smallest absolute Gasteiger partial charge is 0.276 e. The van der Waals surface area contributed by atoms with Gasteiger partial charge < -0.3 is 15.4 Å². The van der Waals surface area contributed by atoms with E-state index in [0.717, 1.165) is 5.56 Å². The molecule has 0 saturated heterocycles. The first kappa shape index (κ1) is 17.9.